The van der Waals surface area contributed by atoms with Crippen LogP contribution in [0.1, 0.15) is 25.0 Å². The van der Waals surface area contributed by atoms with Crippen LogP contribution in [0.5, 0.6) is 0 Å². The fourth-order valence-electron chi connectivity index (χ4n) is 3.10. The molecule has 4 aromatic rings. The summed E-state index contributed by atoms with van der Waals surface area (Å²) < 4.78 is 38.3. The highest BCUT2D eigenvalue weighted by Gasteiger charge is 2.04. The van der Waals surface area contributed by atoms with Crippen LogP contribution in [0.4, 0.5) is 0 Å². The van der Waals surface area contributed by atoms with Gasteiger partial charge in [0, 0.05) is 58.9 Å². The Balaban J connectivity index is 0.000000208. The molecule has 0 fully saturated rings. The van der Waals surface area contributed by atoms with Gasteiger partial charge in [-0.2, -0.15) is 9.13 Å². The standard InChI is InChI=1S/2C14H14N.H2O4S/c2*1-2-7-13-8-6-9-14(12-13)15-10-4-3-5-11-15;1-5(2,3)4/h2*2-12H,1H3;(H2,1,2,3,4)/q2*+1;/p-2. The molecule has 0 spiro atoms. The third-order valence-corrected chi connectivity index (χ3v) is 4.49. The molecule has 0 amide bonds. The van der Waals surface area contributed by atoms with E-state index in [0.29, 0.717) is 0 Å². The molecule has 0 aliphatic heterocycles. The van der Waals surface area contributed by atoms with Crippen molar-refractivity contribution in [3.05, 3.63) is 133 Å². The van der Waals surface area contributed by atoms with Crippen LogP contribution in [0.2, 0.25) is 0 Å². The fourth-order valence-corrected chi connectivity index (χ4v) is 3.10. The number of hydrogen-bond donors (Lipinski definition) is 0. The van der Waals surface area contributed by atoms with Gasteiger partial charge in [-0.05, 0) is 25.0 Å². The lowest BCUT2D eigenvalue weighted by Gasteiger charge is -2.06. The second-order valence-corrected chi connectivity index (χ2v) is 7.98. The Morgan fingerprint density at radius 1 is 0.600 bits per heavy atom. The third-order valence-electron chi connectivity index (χ3n) is 4.49. The predicted octanol–water partition coefficient (Wildman–Crippen LogP) is 4.65. The number of pyridine rings is 2. The van der Waals surface area contributed by atoms with E-state index in [2.05, 4.69) is 107 Å². The lowest BCUT2D eigenvalue weighted by molar-refractivity contribution is -0.596. The summed E-state index contributed by atoms with van der Waals surface area (Å²) in [4.78, 5) is 0. The number of allylic oxidation sites excluding steroid dienone is 2. The van der Waals surface area contributed by atoms with Gasteiger partial charge in [0.05, 0.1) is 0 Å². The zero-order valence-electron chi connectivity index (χ0n) is 19.6. The maximum atomic E-state index is 8.52. The van der Waals surface area contributed by atoms with E-state index < -0.39 is 10.4 Å². The van der Waals surface area contributed by atoms with Crippen LogP contribution in [-0.4, -0.2) is 17.5 Å². The van der Waals surface area contributed by atoms with Gasteiger partial charge in [-0.25, -0.2) is 0 Å². The lowest BCUT2D eigenvalue weighted by Crippen LogP contribution is -2.28. The molecule has 0 aliphatic rings. The van der Waals surface area contributed by atoms with Crippen LogP contribution in [0.3, 0.4) is 0 Å². The topological polar surface area (TPSA) is 88.0 Å². The van der Waals surface area contributed by atoms with Gasteiger partial charge in [0.1, 0.15) is 0 Å². The van der Waals surface area contributed by atoms with Gasteiger partial charge in [-0.1, -0.05) is 60.7 Å². The zero-order chi connectivity index (χ0) is 25.5. The van der Waals surface area contributed by atoms with Crippen LogP contribution in [-0.2, 0) is 10.4 Å². The molecule has 4 rings (SSSR count). The van der Waals surface area contributed by atoms with Gasteiger partial charge < -0.3 is 9.11 Å². The van der Waals surface area contributed by atoms with Crippen LogP contribution in [0.15, 0.2) is 122 Å². The van der Waals surface area contributed by atoms with E-state index in [1.165, 1.54) is 22.5 Å². The van der Waals surface area contributed by atoms with Crippen molar-refractivity contribution >= 4 is 22.6 Å². The van der Waals surface area contributed by atoms with Crippen molar-refractivity contribution in [3.8, 4) is 11.4 Å². The van der Waals surface area contributed by atoms with E-state index >= 15 is 0 Å². The quantitative estimate of drug-likeness (QED) is 0.238. The molecule has 7 heteroatoms. The number of aromatic nitrogens is 2. The third kappa shape index (κ3) is 11.2. The first-order valence-corrected chi connectivity index (χ1v) is 12.2. The van der Waals surface area contributed by atoms with Crippen LogP contribution >= 0.6 is 0 Å². The molecular formula is C28H28N2O4S. The monoisotopic (exact) mass is 488 g/mol. The second-order valence-electron chi connectivity index (χ2n) is 7.16. The Labute approximate surface area is 207 Å². The summed E-state index contributed by atoms with van der Waals surface area (Å²) >= 11 is 0. The molecule has 6 nitrogen and oxygen atoms in total. The first-order valence-electron chi connectivity index (χ1n) is 10.9. The molecule has 0 unspecified atom stereocenters. The summed E-state index contributed by atoms with van der Waals surface area (Å²) in [6, 6.07) is 29.1. The van der Waals surface area contributed by atoms with Crippen LogP contribution in [0.25, 0.3) is 23.5 Å². The Kier molecular flexibility index (Phi) is 11.2. The van der Waals surface area contributed by atoms with Crippen LogP contribution in [0, 0.1) is 0 Å². The van der Waals surface area contributed by atoms with Crippen molar-refractivity contribution in [1.82, 2.24) is 0 Å². The molecule has 0 aliphatic carbocycles. The van der Waals surface area contributed by atoms with E-state index in [-0.39, 0.29) is 0 Å². The van der Waals surface area contributed by atoms with E-state index in [1.807, 2.05) is 50.2 Å². The Morgan fingerprint density at radius 2 is 0.943 bits per heavy atom. The molecule has 2 aromatic heterocycles. The van der Waals surface area contributed by atoms with Crippen molar-refractivity contribution in [1.29, 1.82) is 0 Å². The minimum atomic E-state index is -5.17. The average molecular weight is 489 g/mol. The summed E-state index contributed by atoms with van der Waals surface area (Å²) in [5, 5.41) is 0. The summed E-state index contributed by atoms with van der Waals surface area (Å²) in [7, 11) is -5.17. The second kappa shape index (κ2) is 14.4. The normalized spacial score (nSPS) is 10.9. The van der Waals surface area contributed by atoms with Gasteiger partial charge in [-0.15, -0.1) is 0 Å². The van der Waals surface area contributed by atoms with E-state index in [1.54, 1.807) is 0 Å². The molecule has 0 N–H and O–H groups in total. The van der Waals surface area contributed by atoms with Gasteiger partial charge in [-0.3, -0.25) is 8.42 Å². The summed E-state index contributed by atoms with van der Waals surface area (Å²) in [6.45, 7) is 4.06. The largest absolute Gasteiger partial charge is 0.759 e. The minimum absolute atomic E-state index is 1.19. The number of rotatable bonds is 4. The molecule has 0 saturated heterocycles. The minimum Gasteiger partial charge on any atom is -0.759 e. The lowest BCUT2D eigenvalue weighted by atomic mass is 10.2. The van der Waals surface area contributed by atoms with Crippen molar-refractivity contribution in [2.24, 2.45) is 0 Å². The first kappa shape index (κ1) is 27.3. The molecule has 0 atom stereocenters. The van der Waals surface area contributed by atoms with E-state index in [4.69, 9.17) is 17.5 Å². The first-order chi connectivity index (χ1) is 16.8. The van der Waals surface area contributed by atoms with Crippen molar-refractivity contribution in [2.75, 3.05) is 0 Å². The predicted molar refractivity (Wildman–Crippen MR) is 136 cm³/mol. The molecule has 0 bridgehead atoms. The summed E-state index contributed by atoms with van der Waals surface area (Å²) in [5.41, 5.74) is 4.83. The van der Waals surface area contributed by atoms with E-state index in [0.717, 1.165) is 0 Å². The van der Waals surface area contributed by atoms with Gasteiger partial charge >= 0.3 is 0 Å². The number of benzene rings is 2. The average Bonchev–Trinajstić information content (AvgIpc) is 2.85. The number of nitrogens with zero attached hydrogens (tertiary/aromatic N) is 2. The van der Waals surface area contributed by atoms with E-state index in [9.17, 15) is 0 Å². The van der Waals surface area contributed by atoms with Crippen LogP contribution < -0.4 is 9.13 Å². The molecular weight excluding hydrogens is 460 g/mol. The molecule has 2 aromatic carbocycles. The highest BCUT2D eigenvalue weighted by Crippen LogP contribution is 2.07. The SMILES string of the molecule is CC=Cc1cccc(-[n+]2ccccc2)c1.CC=Cc1cccc(-[n+]2ccccc2)c1.O=S(=O)([O-])[O-]. The highest BCUT2D eigenvalue weighted by atomic mass is 32.3. The van der Waals surface area contributed by atoms with Crippen molar-refractivity contribution in [3.63, 3.8) is 0 Å². The smallest absolute Gasteiger partial charge is 0.211 e. The van der Waals surface area contributed by atoms with Crippen molar-refractivity contribution in [2.45, 2.75) is 13.8 Å². The molecule has 0 saturated carbocycles. The Morgan fingerprint density at radius 3 is 1.26 bits per heavy atom. The maximum absolute atomic E-state index is 8.52. The summed E-state index contributed by atoms with van der Waals surface area (Å²) in [6.07, 6.45) is 16.5. The fraction of sp³-hybridized carbons (Fsp3) is 0.0714. The molecule has 35 heavy (non-hydrogen) atoms. The molecule has 180 valence electrons. The van der Waals surface area contributed by atoms with Gasteiger partial charge in [0.15, 0.2) is 24.8 Å². The highest BCUT2D eigenvalue weighted by molar-refractivity contribution is 7.79. The molecule has 2 heterocycles. The summed E-state index contributed by atoms with van der Waals surface area (Å²) in [5.74, 6) is 0. The molecule has 0 radical (unpaired) electrons. The Bertz CT molecular complexity index is 1240. The van der Waals surface area contributed by atoms with Gasteiger partial charge in [0.2, 0.25) is 11.4 Å². The zero-order valence-corrected chi connectivity index (χ0v) is 20.5. The Hall–Kier alpha value is -3.91. The maximum Gasteiger partial charge on any atom is 0.211 e. The van der Waals surface area contributed by atoms with Gasteiger partial charge in [0.25, 0.3) is 0 Å². The number of hydrogen-bond acceptors (Lipinski definition) is 4. The van der Waals surface area contributed by atoms with Crippen molar-refractivity contribution < 1.29 is 26.7 Å².